The van der Waals surface area contributed by atoms with Gasteiger partial charge < -0.3 is 14.8 Å². The van der Waals surface area contributed by atoms with Crippen LogP contribution in [0.3, 0.4) is 0 Å². The van der Waals surface area contributed by atoms with Gasteiger partial charge in [0.05, 0.1) is 11.8 Å². The summed E-state index contributed by atoms with van der Waals surface area (Å²) in [6, 6.07) is 13.7. The standard InChI is InChI=1S/C25H27NO4/c1-13(2)18-9-4-14(3)10-20(18)29-17-7-5-16(6-8-17)26-24(27)22-15-11-19-21(12-15)30-25(28)23(19)22/h4-10,13,15,19,21-23H,11-12H2,1-3H3,(H,26,27)/t15-,19-,21-,22+,23+/m1/s1. The molecule has 1 heterocycles. The largest absolute Gasteiger partial charge is 0.462 e. The van der Waals surface area contributed by atoms with Gasteiger partial charge in [0.2, 0.25) is 5.91 Å². The molecule has 30 heavy (non-hydrogen) atoms. The fourth-order valence-electron chi connectivity index (χ4n) is 5.53. The molecule has 1 amide bonds. The van der Waals surface area contributed by atoms with E-state index in [1.807, 2.05) is 37.3 Å². The molecule has 0 radical (unpaired) electrons. The van der Waals surface area contributed by atoms with Gasteiger partial charge in [0.15, 0.2) is 0 Å². The second-order valence-corrected chi connectivity index (χ2v) is 9.23. The van der Waals surface area contributed by atoms with Gasteiger partial charge in [-0.25, -0.2) is 0 Å². The molecule has 5 atom stereocenters. The number of hydrogen-bond acceptors (Lipinski definition) is 4. The molecule has 5 nitrogen and oxygen atoms in total. The Labute approximate surface area is 176 Å². The molecule has 0 unspecified atom stereocenters. The number of ether oxygens (including phenoxy) is 2. The maximum atomic E-state index is 12.9. The Bertz CT molecular complexity index is 995. The van der Waals surface area contributed by atoms with Crippen LogP contribution in [0.2, 0.25) is 0 Å². The molecule has 1 saturated heterocycles. The van der Waals surface area contributed by atoms with E-state index in [0.717, 1.165) is 35.5 Å². The minimum Gasteiger partial charge on any atom is -0.462 e. The van der Waals surface area contributed by atoms with Crippen LogP contribution in [0, 0.1) is 30.6 Å². The average Bonchev–Trinajstić information content (AvgIpc) is 3.32. The highest BCUT2D eigenvalue weighted by Gasteiger charge is 2.63. The normalized spacial score (nSPS) is 28.7. The Kier molecular flexibility index (Phi) is 4.57. The SMILES string of the molecule is Cc1ccc(C(C)C)c(Oc2ccc(NC(=O)[C@H]3[C@@H]4C[C@H]5[C@@H]3C(=O)O[C@@H]5C4)cc2)c1. The minimum absolute atomic E-state index is 0.0466. The third-order valence-corrected chi connectivity index (χ3v) is 6.93. The van der Waals surface area contributed by atoms with Crippen molar-refractivity contribution < 1.29 is 19.1 Å². The Morgan fingerprint density at radius 2 is 1.90 bits per heavy atom. The van der Waals surface area contributed by atoms with E-state index in [1.54, 1.807) is 0 Å². The Hall–Kier alpha value is -2.82. The number of rotatable bonds is 5. The third-order valence-electron chi connectivity index (χ3n) is 6.93. The van der Waals surface area contributed by atoms with Crippen LogP contribution in [0.1, 0.15) is 43.7 Å². The number of hydrogen-bond donors (Lipinski definition) is 1. The van der Waals surface area contributed by atoms with Crippen molar-refractivity contribution in [2.45, 2.75) is 45.6 Å². The summed E-state index contributed by atoms with van der Waals surface area (Å²) in [5.74, 6) is 1.66. The molecule has 0 spiro atoms. The van der Waals surface area contributed by atoms with E-state index in [1.165, 1.54) is 0 Å². The molecule has 5 heteroatoms. The number of nitrogens with one attached hydrogen (secondary N) is 1. The average molecular weight is 405 g/mol. The molecule has 2 aliphatic carbocycles. The van der Waals surface area contributed by atoms with Crippen LogP contribution in [0.25, 0.3) is 0 Å². The van der Waals surface area contributed by atoms with Crippen molar-refractivity contribution in [3.63, 3.8) is 0 Å². The summed E-state index contributed by atoms with van der Waals surface area (Å²) in [6.45, 7) is 6.34. The smallest absolute Gasteiger partial charge is 0.310 e. The summed E-state index contributed by atoms with van der Waals surface area (Å²) in [5, 5.41) is 3.00. The van der Waals surface area contributed by atoms with E-state index in [-0.39, 0.29) is 41.7 Å². The van der Waals surface area contributed by atoms with E-state index in [9.17, 15) is 9.59 Å². The van der Waals surface area contributed by atoms with Crippen molar-refractivity contribution in [1.82, 2.24) is 0 Å². The number of fused-ring (bicyclic) bond motifs is 1. The number of benzene rings is 2. The molecule has 3 fully saturated rings. The fraction of sp³-hybridized carbons (Fsp3) is 0.440. The molecular formula is C25H27NO4. The molecule has 5 rings (SSSR count). The molecule has 2 aromatic carbocycles. The highest BCUT2D eigenvalue weighted by atomic mass is 16.6. The third kappa shape index (κ3) is 3.17. The lowest BCUT2D eigenvalue weighted by Gasteiger charge is -2.23. The molecule has 2 aromatic rings. The quantitative estimate of drug-likeness (QED) is 0.707. The maximum Gasteiger partial charge on any atom is 0.310 e. The number of carbonyl (C=O) groups is 2. The number of aryl methyl sites for hydroxylation is 1. The number of amides is 1. The monoisotopic (exact) mass is 405 g/mol. The van der Waals surface area contributed by atoms with Gasteiger partial charge in [-0.2, -0.15) is 0 Å². The summed E-state index contributed by atoms with van der Waals surface area (Å²) in [7, 11) is 0. The summed E-state index contributed by atoms with van der Waals surface area (Å²) in [4.78, 5) is 25.1. The van der Waals surface area contributed by atoms with E-state index < -0.39 is 0 Å². The second kappa shape index (κ2) is 7.15. The van der Waals surface area contributed by atoms with Crippen LogP contribution in [0.15, 0.2) is 42.5 Å². The van der Waals surface area contributed by atoms with Gasteiger partial charge in [-0.15, -0.1) is 0 Å². The fourth-order valence-corrected chi connectivity index (χ4v) is 5.53. The summed E-state index contributed by atoms with van der Waals surface area (Å²) in [6.07, 6.45) is 1.80. The zero-order valence-electron chi connectivity index (χ0n) is 17.6. The molecule has 1 N–H and O–H groups in total. The zero-order valence-corrected chi connectivity index (χ0v) is 17.6. The molecule has 0 aromatic heterocycles. The van der Waals surface area contributed by atoms with Gasteiger partial charge in [-0.05, 0) is 73.1 Å². The lowest BCUT2D eigenvalue weighted by Crippen LogP contribution is -2.35. The van der Waals surface area contributed by atoms with Gasteiger partial charge in [-0.3, -0.25) is 9.59 Å². The predicted octanol–water partition coefficient (Wildman–Crippen LogP) is 5.05. The first-order chi connectivity index (χ1) is 14.4. The van der Waals surface area contributed by atoms with Crippen LogP contribution in [-0.4, -0.2) is 18.0 Å². The van der Waals surface area contributed by atoms with Crippen molar-refractivity contribution in [2.75, 3.05) is 5.32 Å². The minimum atomic E-state index is -0.266. The van der Waals surface area contributed by atoms with Crippen LogP contribution in [0.5, 0.6) is 11.5 Å². The Morgan fingerprint density at radius 3 is 2.63 bits per heavy atom. The van der Waals surface area contributed by atoms with Crippen LogP contribution in [-0.2, 0) is 14.3 Å². The van der Waals surface area contributed by atoms with Crippen molar-refractivity contribution in [3.8, 4) is 11.5 Å². The first-order valence-electron chi connectivity index (χ1n) is 10.8. The topological polar surface area (TPSA) is 64.6 Å². The lowest BCUT2D eigenvalue weighted by molar-refractivity contribution is -0.145. The zero-order chi connectivity index (χ0) is 21.0. The molecular weight excluding hydrogens is 378 g/mol. The number of carbonyl (C=O) groups excluding carboxylic acids is 2. The molecule has 1 aliphatic heterocycles. The van der Waals surface area contributed by atoms with Crippen LogP contribution >= 0.6 is 0 Å². The van der Waals surface area contributed by atoms with Crippen molar-refractivity contribution in [3.05, 3.63) is 53.6 Å². The Balaban J connectivity index is 1.28. The first kappa shape index (κ1) is 19.2. The second-order valence-electron chi connectivity index (χ2n) is 9.23. The maximum absolute atomic E-state index is 12.9. The molecule has 2 bridgehead atoms. The van der Waals surface area contributed by atoms with E-state index in [4.69, 9.17) is 9.47 Å². The lowest BCUT2D eigenvalue weighted by atomic mass is 9.79. The van der Waals surface area contributed by atoms with Gasteiger partial charge >= 0.3 is 5.97 Å². The molecule has 3 aliphatic rings. The first-order valence-corrected chi connectivity index (χ1v) is 10.8. The molecule has 156 valence electrons. The van der Waals surface area contributed by atoms with Gasteiger partial charge in [-0.1, -0.05) is 26.0 Å². The predicted molar refractivity (Wildman–Crippen MR) is 113 cm³/mol. The van der Waals surface area contributed by atoms with Crippen molar-refractivity contribution >= 4 is 17.6 Å². The van der Waals surface area contributed by atoms with Crippen LogP contribution in [0.4, 0.5) is 5.69 Å². The number of anilines is 1. The summed E-state index contributed by atoms with van der Waals surface area (Å²) < 4.78 is 11.6. The summed E-state index contributed by atoms with van der Waals surface area (Å²) >= 11 is 0. The highest BCUT2D eigenvalue weighted by molar-refractivity contribution is 5.97. The van der Waals surface area contributed by atoms with E-state index in [2.05, 4.69) is 31.3 Å². The number of esters is 1. The van der Waals surface area contributed by atoms with Crippen LogP contribution < -0.4 is 10.1 Å². The van der Waals surface area contributed by atoms with Crippen molar-refractivity contribution in [1.29, 1.82) is 0 Å². The highest BCUT2D eigenvalue weighted by Crippen LogP contribution is 2.57. The van der Waals surface area contributed by atoms with Gasteiger partial charge in [0.1, 0.15) is 17.6 Å². The van der Waals surface area contributed by atoms with E-state index in [0.29, 0.717) is 11.6 Å². The summed E-state index contributed by atoms with van der Waals surface area (Å²) in [5.41, 5.74) is 3.03. The van der Waals surface area contributed by atoms with E-state index >= 15 is 0 Å². The van der Waals surface area contributed by atoms with Gasteiger partial charge in [0.25, 0.3) is 0 Å². The molecule has 2 saturated carbocycles. The van der Waals surface area contributed by atoms with Crippen molar-refractivity contribution in [2.24, 2.45) is 23.7 Å². The Morgan fingerprint density at radius 1 is 1.13 bits per heavy atom. The van der Waals surface area contributed by atoms with Gasteiger partial charge in [0, 0.05) is 11.6 Å².